The molecule has 1 aromatic heterocycles. The Morgan fingerprint density at radius 2 is 1.72 bits per heavy atom. The Morgan fingerprint density at radius 3 is 2.44 bits per heavy atom. The van der Waals surface area contributed by atoms with E-state index in [1.165, 1.54) is 5.56 Å². The molecule has 170 valence electrons. The Labute approximate surface area is 189 Å². The van der Waals surface area contributed by atoms with Gasteiger partial charge in [-0.25, -0.2) is 4.99 Å². The average Bonchev–Trinajstić information content (AvgIpc) is 3.28. The fourth-order valence-electron chi connectivity index (χ4n) is 3.08. The van der Waals surface area contributed by atoms with Crippen molar-refractivity contribution >= 4 is 5.96 Å². The van der Waals surface area contributed by atoms with Crippen molar-refractivity contribution in [1.82, 2.24) is 25.4 Å². The van der Waals surface area contributed by atoms with E-state index >= 15 is 0 Å². The highest BCUT2D eigenvalue weighted by Gasteiger charge is 2.04. The number of nitrogens with one attached hydrogen (secondary N) is 2. The minimum absolute atomic E-state index is 0.539. The zero-order chi connectivity index (χ0) is 22.6. The van der Waals surface area contributed by atoms with Crippen LogP contribution < -0.4 is 20.1 Å². The number of ether oxygens (including phenoxy) is 2. The maximum absolute atomic E-state index is 5.81. The quantitative estimate of drug-likeness (QED) is 0.273. The third-order valence-corrected chi connectivity index (χ3v) is 4.92. The molecule has 2 N–H and O–H groups in total. The van der Waals surface area contributed by atoms with E-state index in [4.69, 9.17) is 14.5 Å². The Hall–Kier alpha value is -3.55. The van der Waals surface area contributed by atoms with Gasteiger partial charge in [0.05, 0.1) is 20.2 Å². The third-order valence-electron chi connectivity index (χ3n) is 4.92. The van der Waals surface area contributed by atoms with Crippen molar-refractivity contribution in [3.8, 4) is 11.5 Å². The fourth-order valence-corrected chi connectivity index (χ4v) is 3.08. The second-order valence-corrected chi connectivity index (χ2v) is 7.32. The molecule has 0 saturated carbocycles. The summed E-state index contributed by atoms with van der Waals surface area (Å²) in [5, 5.41) is 14.9. The standard InChI is InChI=1S/C24H32N6O2/c1-4-23-29-28-18-30(23)15-13-25-24(27-17-20-7-11-21(31-3)12-8-20)26-14-16-32-22-9-5-19(2)6-10-22/h5-12,18H,4,13-17H2,1-3H3,(H2,25,26,27). The maximum Gasteiger partial charge on any atom is 0.191 e. The van der Waals surface area contributed by atoms with Gasteiger partial charge in [0.1, 0.15) is 30.3 Å². The van der Waals surface area contributed by atoms with E-state index in [2.05, 4.69) is 39.2 Å². The number of rotatable bonds is 11. The molecule has 8 nitrogen and oxygen atoms in total. The van der Waals surface area contributed by atoms with Crippen molar-refractivity contribution in [2.45, 2.75) is 33.4 Å². The molecule has 2 aromatic carbocycles. The average molecular weight is 437 g/mol. The predicted octanol–water partition coefficient (Wildman–Crippen LogP) is 2.97. The molecule has 32 heavy (non-hydrogen) atoms. The Balaban J connectivity index is 1.53. The van der Waals surface area contributed by atoms with Gasteiger partial charge in [-0.3, -0.25) is 0 Å². The van der Waals surface area contributed by atoms with Gasteiger partial charge in [0, 0.05) is 19.5 Å². The lowest BCUT2D eigenvalue weighted by Gasteiger charge is -2.14. The zero-order valence-electron chi connectivity index (χ0n) is 19.0. The molecule has 0 aliphatic rings. The van der Waals surface area contributed by atoms with Gasteiger partial charge in [-0.05, 0) is 36.8 Å². The number of aryl methyl sites for hydroxylation is 2. The molecule has 1 heterocycles. The summed E-state index contributed by atoms with van der Waals surface area (Å²) in [7, 11) is 1.66. The molecule has 0 unspecified atom stereocenters. The number of benzene rings is 2. The van der Waals surface area contributed by atoms with E-state index in [0.717, 1.165) is 41.8 Å². The summed E-state index contributed by atoms with van der Waals surface area (Å²) in [5.74, 6) is 3.41. The largest absolute Gasteiger partial charge is 0.497 e. The lowest BCUT2D eigenvalue weighted by atomic mass is 10.2. The fraction of sp³-hybridized carbons (Fsp3) is 0.375. The monoisotopic (exact) mass is 436 g/mol. The van der Waals surface area contributed by atoms with Gasteiger partial charge in [0.25, 0.3) is 0 Å². The van der Waals surface area contributed by atoms with Gasteiger partial charge < -0.3 is 24.7 Å². The van der Waals surface area contributed by atoms with Crippen molar-refractivity contribution in [3.05, 3.63) is 71.8 Å². The summed E-state index contributed by atoms with van der Waals surface area (Å²) < 4.78 is 13.1. The van der Waals surface area contributed by atoms with Gasteiger partial charge in [0.2, 0.25) is 0 Å². The molecule has 0 saturated heterocycles. The molecule has 0 aliphatic heterocycles. The summed E-state index contributed by atoms with van der Waals surface area (Å²) in [6, 6.07) is 16.0. The number of aromatic nitrogens is 3. The summed E-state index contributed by atoms with van der Waals surface area (Å²) in [5.41, 5.74) is 2.32. The van der Waals surface area contributed by atoms with E-state index in [0.29, 0.717) is 26.2 Å². The minimum atomic E-state index is 0.539. The van der Waals surface area contributed by atoms with Crippen LogP contribution in [0.1, 0.15) is 23.9 Å². The summed E-state index contributed by atoms with van der Waals surface area (Å²) in [6.07, 6.45) is 2.62. The topological polar surface area (TPSA) is 85.6 Å². The highest BCUT2D eigenvalue weighted by Crippen LogP contribution is 2.12. The summed E-state index contributed by atoms with van der Waals surface area (Å²) >= 11 is 0. The molecule has 3 rings (SSSR count). The van der Waals surface area contributed by atoms with E-state index < -0.39 is 0 Å². The van der Waals surface area contributed by atoms with Crippen LogP contribution in [0.15, 0.2) is 59.9 Å². The van der Waals surface area contributed by atoms with Crippen LogP contribution in [0.3, 0.4) is 0 Å². The molecule has 0 bridgehead atoms. The van der Waals surface area contributed by atoms with Crippen LogP contribution >= 0.6 is 0 Å². The van der Waals surface area contributed by atoms with Crippen LogP contribution in [-0.4, -0.2) is 47.5 Å². The number of methoxy groups -OCH3 is 1. The number of nitrogens with zero attached hydrogens (tertiary/aromatic N) is 4. The van der Waals surface area contributed by atoms with Crippen LogP contribution in [0.25, 0.3) is 0 Å². The first-order valence-electron chi connectivity index (χ1n) is 10.9. The van der Waals surface area contributed by atoms with Crippen molar-refractivity contribution in [2.75, 3.05) is 26.8 Å². The van der Waals surface area contributed by atoms with Gasteiger partial charge in [-0.15, -0.1) is 10.2 Å². The normalized spacial score (nSPS) is 11.3. The molecular weight excluding hydrogens is 404 g/mol. The predicted molar refractivity (Wildman–Crippen MR) is 126 cm³/mol. The Kier molecular flexibility index (Phi) is 8.92. The van der Waals surface area contributed by atoms with Crippen molar-refractivity contribution in [3.63, 3.8) is 0 Å². The van der Waals surface area contributed by atoms with Crippen LogP contribution in [0.4, 0.5) is 0 Å². The van der Waals surface area contributed by atoms with Gasteiger partial charge in [-0.1, -0.05) is 36.8 Å². The molecule has 8 heteroatoms. The second-order valence-electron chi connectivity index (χ2n) is 7.32. The Morgan fingerprint density at radius 1 is 1.00 bits per heavy atom. The van der Waals surface area contributed by atoms with Gasteiger partial charge in [0.15, 0.2) is 5.96 Å². The van der Waals surface area contributed by atoms with Crippen molar-refractivity contribution < 1.29 is 9.47 Å². The number of guanidine groups is 1. The first kappa shape index (κ1) is 23.1. The van der Waals surface area contributed by atoms with Crippen LogP contribution in [-0.2, 0) is 19.5 Å². The Bertz CT molecular complexity index is 967. The first-order chi connectivity index (χ1) is 15.7. The van der Waals surface area contributed by atoms with E-state index in [-0.39, 0.29) is 0 Å². The maximum atomic E-state index is 5.81. The van der Waals surface area contributed by atoms with E-state index in [1.807, 2.05) is 48.5 Å². The highest BCUT2D eigenvalue weighted by molar-refractivity contribution is 5.79. The molecule has 0 aliphatic carbocycles. The third kappa shape index (κ3) is 7.30. The SMILES string of the molecule is CCc1nncn1CCNC(=NCc1ccc(OC)cc1)NCCOc1ccc(C)cc1. The lowest BCUT2D eigenvalue weighted by Crippen LogP contribution is -2.40. The number of hydrogen-bond acceptors (Lipinski definition) is 5. The minimum Gasteiger partial charge on any atom is -0.497 e. The highest BCUT2D eigenvalue weighted by atomic mass is 16.5. The molecule has 0 radical (unpaired) electrons. The number of aliphatic imine (C=N–C) groups is 1. The van der Waals surface area contributed by atoms with E-state index in [1.54, 1.807) is 13.4 Å². The van der Waals surface area contributed by atoms with Gasteiger partial charge in [-0.2, -0.15) is 0 Å². The second kappa shape index (κ2) is 12.3. The molecule has 0 atom stereocenters. The first-order valence-corrected chi connectivity index (χ1v) is 10.9. The molecular formula is C24H32N6O2. The smallest absolute Gasteiger partial charge is 0.191 e. The van der Waals surface area contributed by atoms with Crippen molar-refractivity contribution in [1.29, 1.82) is 0 Å². The number of hydrogen-bond donors (Lipinski definition) is 2. The molecule has 0 amide bonds. The van der Waals surface area contributed by atoms with Crippen LogP contribution in [0, 0.1) is 6.92 Å². The van der Waals surface area contributed by atoms with E-state index in [9.17, 15) is 0 Å². The van der Waals surface area contributed by atoms with Crippen LogP contribution in [0.2, 0.25) is 0 Å². The summed E-state index contributed by atoms with van der Waals surface area (Å²) in [6.45, 7) is 7.34. The zero-order valence-corrected chi connectivity index (χ0v) is 19.0. The van der Waals surface area contributed by atoms with Crippen molar-refractivity contribution in [2.24, 2.45) is 4.99 Å². The molecule has 0 spiro atoms. The van der Waals surface area contributed by atoms with Gasteiger partial charge >= 0.3 is 0 Å². The lowest BCUT2D eigenvalue weighted by molar-refractivity contribution is 0.322. The van der Waals surface area contributed by atoms with Crippen LogP contribution in [0.5, 0.6) is 11.5 Å². The molecule has 0 fully saturated rings. The molecule has 3 aromatic rings. The summed E-state index contributed by atoms with van der Waals surface area (Å²) in [4.78, 5) is 4.72.